The van der Waals surface area contributed by atoms with E-state index in [2.05, 4.69) is 5.32 Å². The molecule has 2 aliphatic heterocycles. The lowest BCUT2D eigenvalue weighted by atomic mass is 10.0. The molecule has 23 heavy (non-hydrogen) atoms. The first-order valence-corrected chi connectivity index (χ1v) is 7.34. The fraction of sp³-hybridized carbons (Fsp3) is 0.312. The summed E-state index contributed by atoms with van der Waals surface area (Å²) in [5.74, 6) is -3.34. The van der Waals surface area contributed by atoms with Crippen molar-refractivity contribution in [2.75, 3.05) is 0 Å². The Labute approximate surface area is 131 Å². The van der Waals surface area contributed by atoms with Crippen molar-refractivity contribution >= 4 is 29.4 Å². The molecule has 0 saturated carbocycles. The van der Waals surface area contributed by atoms with Crippen LogP contribution in [0.15, 0.2) is 24.3 Å². The van der Waals surface area contributed by atoms with Gasteiger partial charge in [0.1, 0.15) is 0 Å². The highest BCUT2D eigenvalue weighted by molar-refractivity contribution is 6.26. The number of Topliss-reactive ketones (excluding diaryl/α,β-unsaturated/α-hetero) is 1. The van der Waals surface area contributed by atoms with Crippen molar-refractivity contribution in [2.24, 2.45) is 0 Å². The Bertz CT molecular complexity index is 705. The van der Waals surface area contributed by atoms with Crippen molar-refractivity contribution in [1.82, 2.24) is 10.2 Å². The molecule has 1 atom stereocenters. The molecule has 0 bridgehead atoms. The van der Waals surface area contributed by atoms with E-state index in [9.17, 15) is 24.0 Å². The molecule has 3 rings (SSSR count). The van der Waals surface area contributed by atoms with Crippen LogP contribution in [0.2, 0.25) is 0 Å². The Morgan fingerprint density at radius 2 is 1.43 bits per heavy atom. The van der Waals surface area contributed by atoms with Gasteiger partial charge < -0.3 is 0 Å². The first-order valence-electron chi connectivity index (χ1n) is 7.34. The summed E-state index contributed by atoms with van der Waals surface area (Å²) in [4.78, 5) is 61.8. The van der Waals surface area contributed by atoms with Crippen LogP contribution in [0.4, 0.5) is 0 Å². The lowest BCUT2D eigenvalue weighted by molar-refractivity contribution is -0.136. The van der Waals surface area contributed by atoms with E-state index in [0.717, 1.165) is 0 Å². The maximum absolute atomic E-state index is 12.5. The minimum atomic E-state index is -1.59. The molecule has 1 fully saturated rings. The van der Waals surface area contributed by atoms with Gasteiger partial charge in [0.05, 0.1) is 11.1 Å². The summed E-state index contributed by atoms with van der Waals surface area (Å²) in [6.07, 6.45) is 1.07. The van der Waals surface area contributed by atoms with Crippen LogP contribution in [0, 0.1) is 0 Å². The quantitative estimate of drug-likeness (QED) is 0.598. The molecule has 7 heteroatoms. The lowest BCUT2D eigenvalue weighted by Crippen LogP contribution is -2.54. The molecule has 2 heterocycles. The summed E-state index contributed by atoms with van der Waals surface area (Å²) in [5.41, 5.74) is 0.314. The van der Waals surface area contributed by atoms with Crippen molar-refractivity contribution < 1.29 is 24.0 Å². The zero-order chi connectivity index (χ0) is 16.6. The van der Waals surface area contributed by atoms with Crippen molar-refractivity contribution in [3.8, 4) is 0 Å². The molecule has 0 aromatic heterocycles. The molecule has 1 N–H and O–H groups in total. The molecule has 1 saturated heterocycles. The van der Waals surface area contributed by atoms with Gasteiger partial charge in [-0.1, -0.05) is 12.1 Å². The number of nitrogens with zero attached hydrogens (tertiary/aromatic N) is 1. The van der Waals surface area contributed by atoms with Gasteiger partial charge in [-0.05, 0) is 25.0 Å². The Kier molecular flexibility index (Phi) is 3.77. The standard InChI is InChI=1S/C16H14N2O5/c19-11-7-3-4-8-12(20)17-14(21)13(11)18-15(22)9-5-1-2-6-10(9)16(18)23/h1-2,5-6,13H,3-4,7-8H2,(H,17,20,21). The van der Waals surface area contributed by atoms with E-state index in [4.69, 9.17) is 0 Å². The average Bonchev–Trinajstić information content (AvgIpc) is 2.79. The Morgan fingerprint density at radius 1 is 0.870 bits per heavy atom. The van der Waals surface area contributed by atoms with E-state index in [1.165, 1.54) is 12.1 Å². The highest BCUT2D eigenvalue weighted by atomic mass is 16.2. The summed E-state index contributed by atoms with van der Waals surface area (Å²) >= 11 is 0. The fourth-order valence-corrected chi connectivity index (χ4v) is 2.84. The first-order chi connectivity index (χ1) is 11.0. The topological polar surface area (TPSA) is 101 Å². The van der Waals surface area contributed by atoms with Crippen LogP contribution in [0.5, 0.6) is 0 Å². The van der Waals surface area contributed by atoms with E-state index >= 15 is 0 Å². The van der Waals surface area contributed by atoms with Crippen molar-refractivity contribution in [3.05, 3.63) is 35.4 Å². The zero-order valence-electron chi connectivity index (χ0n) is 12.2. The molecule has 0 aliphatic carbocycles. The molecule has 1 aromatic rings. The van der Waals surface area contributed by atoms with Crippen molar-refractivity contribution in [2.45, 2.75) is 31.7 Å². The predicted molar refractivity (Wildman–Crippen MR) is 77.4 cm³/mol. The normalized spacial score (nSPS) is 22.3. The van der Waals surface area contributed by atoms with Crippen LogP contribution in [-0.4, -0.2) is 40.4 Å². The second-order valence-corrected chi connectivity index (χ2v) is 5.51. The number of imide groups is 2. The van der Waals surface area contributed by atoms with Crippen LogP contribution in [0.25, 0.3) is 0 Å². The highest BCUT2D eigenvalue weighted by Crippen LogP contribution is 2.26. The lowest BCUT2D eigenvalue weighted by Gasteiger charge is -2.23. The second kappa shape index (κ2) is 5.75. The van der Waals surface area contributed by atoms with Crippen LogP contribution in [0.1, 0.15) is 46.4 Å². The molecular weight excluding hydrogens is 300 g/mol. The van der Waals surface area contributed by atoms with Gasteiger partial charge in [-0.2, -0.15) is 0 Å². The van der Waals surface area contributed by atoms with Gasteiger partial charge in [-0.3, -0.25) is 34.2 Å². The molecule has 0 spiro atoms. The van der Waals surface area contributed by atoms with Crippen LogP contribution in [-0.2, 0) is 14.4 Å². The predicted octanol–water partition coefficient (Wildman–Crippen LogP) is 0.437. The number of benzene rings is 1. The van der Waals surface area contributed by atoms with E-state index in [0.29, 0.717) is 17.7 Å². The molecule has 2 aliphatic rings. The van der Waals surface area contributed by atoms with Crippen LogP contribution >= 0.6 is 0 Å². The third-order valence-corrected chi connectivity index (χ3v) is 3.98. The number of fused-ring (bicyclic) bond motifs is 1. The third kappa shape index (κ3) is 2.54. The SMILES string of the molecule is O=C1CCCCC(=O)C(N2C(=O)c3ccccc3C2=O)C(=O)N1. The second-order valence-electron chi connectivity index (χ2n) is 5.51. The smallest absolute Gasteiger partial charge is 0.262 e. The van der Waals surface area contributed by atoms with E-state index in [-0.39, 0.29) is 24.0 Å². The molecular formula is C16H14N2O5. The van der Waals surface area contributed by atoms with Gasteiger partial charge in [0.25, 0.3) is 17.7 Å². The molecule has 118 valence electrons. The number of ketones is 1. The minimum Gasteiger partial charge on any atom is -0.297 e. The summed E-state index contributed by atoms with van der Waals surface area (Å²) in [6, 6.07) is 4.55. The number of hydrogen-bond donors (Lipinski definition) is 1. The van der Waals surface area contributed by atoms with Gasteiger partial charge >= 0.3 is 0 Å². The highest BCUT2D eigenvalue weighted by Gasteiger charge is 2.46. The molecule has 1 aromatic carbocycles. The third-order valence-electron chi connectivity index (χ3n) is 3.98. The van der Waals surface area contributed by atoms with Gasteiger partial charge in [-0.15, -0.1) is 0 Å². The molecule has 7 nitrogen and oxygen atoms in total. The number of carbonyl (C=O) groups is 5. The monoisotopic (exact) mass is 314 g/mol. The number of carbonyl (C=O) groups excluding carboxylic acids is 5. The summed E-state index contributed by atoms with van der Waals surface area (Å²) in [5, 5.41) is 2.10. The Morgan fingerprint density at radius 3 is 2.04 bits per heavy atom. The number of nitrogens with one attached hydrogen (secondary N) is 1. The fourth-order valence-electron chi connectivity index (χ4n) is 2.84. The summed E-state index contributed by atoms with van der Waals surface area (Å²) in [7, 11) is 0. The molecule has 0 radical (unpaired) electrons. The van der Waals surface area contributed by atoms with Gasteiger partial charge in [0.2, 0.25) is 5.91 Å². The molecule has 1 unspecified atom stereocenters. The van der Waals surface area contributed by atoms with Crippen LogP contribution < -0.4 is 5.32 Å². The largest absolute Gasteiger partial charge is 0.297 e. The average molecular weight is 314 g/mol. The maximum atomic E-state index is 12.5. The van der Waals surface area contributed by atoms with Crippen molar-refractivity contribution in [3.63, 3.8) is 0 Å². The molecule has 4 amide bonds. The summed E-state index contributed by atoms with van der Waals surface area (Å²) < 4.78 is 0. The number of rotatable bonds is 1. The zero-order valence-corrected chi connectivity index (χ0v) is 12.2. The first kappa shape index (κ1) is 15.1. The van der Waals surface area contributed by atoms with E-state index in [1.807, 2.05) is 0 Å². The van der Waals surface area contributed by atoms with Gasteiger partial charge in [-0.25, -0.2) is 0 Å². The Balaban J connectivity index is 1.99. The summed E-state index contributed by atoms with van der Waals surface area (Å²) in [6.45, 7) is 0. The number of hydrogen-bond acceptors (Lipinski definition) is 5. The van der Waals surface area contributed by atoms with E-state index in [1.54, 1.807) is 12.1 Å². The van der Waals surface area contributed by atoms with Crippen molar-refractivity contribution in [1.29, 1.82) is 0 Å². The number of amides is 4. The van der Waals surface area contributed by atoms with Gasteiger partial charge in [0.15, 0.2) is 11.8 Å². The van der Waals surface area contributed by atoms with E-state index < -0.39 is 35.5 Å². The van der Waals surface area contributed by atoms with Crippen LogP contribution in [0.3, 0.4) is 0 Å². The Hall–Kier alpha value is -2.83. The van der Waals surface area contributed by atoms with Gasteiger partial charge in [0, 0.05) is 12.8 Å². The maximum Gasteiger partial charge on any atom is 0.262 e. The minimum absolute atomic E-state index is 0.0404.